The summed E-state index contributed by atoms with van der Waals surface area (Å²) in [6, 6.07) is 17.6. The van der Waals surface area contributed by atoms with Crippen LogP contribution < -0.4 is 4.74 Å². The molecule has 2 aromatic carbocycles. The quantitative estimate of drug-likeness (QED) is 0.727. The van der Waals surface area contributed by atoms with E-state index < -0.39 is 0 Å². The predicted octanol–water partition coefficient (Wildman–Crippen LogP) is 3.46. The van der Waals surface area contributed by atoms with Crippen LogP contribution in [0.3, 0.4) is 0 Å². The largest absolute Gasteiger partial charge is 0.497 e. The molecular formula is C21H20N2O3. The lowest BCUT2D eigenvalue weighted by atomic mass is 10.0. The number of aromatic nitrogens is 1. The highest BCUT2D eigenvalue weighted by molar-refractivity contribution is 5.92. The minimum absolute atomic E-state index is 0.0515. The number of morpholine rings is 1. The van der Waals surface area contributed by atoms with Gasteiger partial charge >= 0.3 is 0 Å². The molecule has 0 saturated carbocycles. The normalized spacial score (nSPS) is 17.3. The molecule has 0 N–H and O–H groups in total. The van der Waals surface area contributed by atoms with E-state index in [1.165, 1.54) is 0 Å². The zero-order valence-corrected chi connectivity index (χ0v) is 14.6. The first-order valence-electron chi connectivity index (χ1n) is 8.64. The fourth-order valence-electron chi connectivity index (χ4n) is 3.26. The average Bonchev–Trinajstić information content (AvgIpc) is 2.73. The highest BCUT2D eigenvalue weighted by Gasteiger charge is 2.26. The molecule has 1 fully saturated rings. The second-order valence-electron chi connectivity index (χ2n) is 6.30. The molecule has 1 aliphatic heterocycles. The van der Waals surface area contributed by atoms with Crippen molar-refractivity contribution in [2.45, 2.75) is 6.10 Å². The Kier molecular flexibility index (Phi) is 4.54. The summed E-state index contributed by atoms with van der Waals surface area (Å²) in [7, 11) is 1.67. The van der Waals surface area contributed by atoms with E-state index in [1.807, 2.05) is 35.2 Å². The Morgan fingerprint density at radius 3 is 2.81 bits per heavy atom. The number of hydrogen-bond acceptors (Lipinski definition) is 4. The van der Waals surface area contributed by atoms with Crippen LogP contribution in [0.5, 0.6) is 5.75 Å². The van der Waals surface area contributed by atoms with Crippen LogP contribution in [0, 0.1) is 0 Å². The van der Waals surface area contributed by atoms with E-state index in [0.29, 0.717) is 25.4 Å². The molecule has 1 saturated heterocycles. The maximum atomic E-state index is 12.7. The predicted molar refractivity (Wildman–Crippen MR) is 99.3 cm³/mol. The molecule has 1 atom stereocenters. The number of nitrogens with zero attached hydrogens (tertiary/aromatic N) is 2. The van der Waals surface area contributed by atoms with Gasteiger partial charge in [0.15, 0.2) is 0 Å². The summed E-state index contributed by atoms with van der Waals surface area (Å²) in [6.45, 7) is 1.62. The number of fused-ring (bicyclic) bond motifs is 1. The maximum absolute atomic E-state index is 12.7. The number of pyridine rings is 1. The Balaban J connectivity index is 1.56. The van der Waals surface area contributed by atoms with Crippen LogP contribution in [-0.4, -0.2) is 42.6 Å². The molecule has 5 heteroatoms. The van der Waals surface area contributed by atoms with Gasteiger partial charge in [-0.25, -0.2) is 0 Å². The summed E-state index contributed by atoms with van der Waals surface area (Å²) in [5.74, 6) is 0.788. The number of ether oxygens (including phenoxy) is 2. The van der Waals surface area contributed by atoms with Crippen molar-refractivity contribution in [1.82, 2.24) is 9.88 Å². The molecule has 0 radical (unpaired) electrons. The van der Waals surface area contributed by atoms with Gasteiger partial charge in [0.25, 0.3) is 5.91 Å². The highest BCUT2D eigenvalue weighted by atomic mass is 16.5. The third-order valence-corrected chi connectivity index (χ3v) is 4.68. The molecular weight excluding hydrogens is 328 g/mol. The van der Waals surface area contributed by atoms with E-state index in [9.17, 15) is 4.79 Å². The molecule has 4 rings (SSSR count). The Labute approximate surface area is 152 Å². The van der Waals surface area contributed by atoms with Crippen LogP contribution in [0.15, 0.2) is 60.8 Å². The van der Waals surface area contributed by atoms with Crippen molar-refractivity contribution in [2.75, 3.05) is 26.8 Å². The zero-order chi connectivity index (χ0) is 17.9. The van der Waals surface area contributed by atoms with Crippen LogP contribution in [0.2, 0.25) is 0 Å². The molecule has 1 aliphatic rings. The van der Waals surface area contributed by atoms with Crippen LogP contribution in [0.25, 0.3) is 10.8 Å². The van der Waals surface area contributed by atoms with E-state index in [2.05, 4.69) is 23.2 Å². The van der Waals surface area contributed by atoms with Gasteiger partial charge in [-0.1, -0.05) is 24.3 Å². The first kappa shape index (κ1) is 16.5. The Morgan fingerprint density at radius 2 is 2.00 bits per heavy atom. The Hall–Kier alpha value is -2.92. The van der Waals surface area contributed by atoms with Crippen molar-refractivity contribution in [2.24, 2.45) is 0 Å². The van der Waals surface area contributed by atoms with Gasteiger partial charge in [-0.3, -0.25) is 9.78 Å². The third kappa shape index (κ3) is 3.26. The number of hydrogen-bond donors (Lipinski definition) is 0. The lowest BCUT2D eigenvalue weighted by molar-refractivity contribution is -0.0229. The molecule has 5 nitrogen and oxygen atoms in total. The van der Waals surface area contributed by atoms with E-state index >= 15 is 0 Å². The molecule has 0 bridgehead atoms. The molecule has 3 aromatic rings. The van der Waals surface area contributed by atoms with Gasteiger partial charge in [-0.15, -0.1) is 0 Å². The molecule has 26 heavy (non-hydrogen) atoms. The summed E-state index contributed by atoms with van der Waals surface area (Å²) < 4.78 is 11.2. The summed E-state index contributed by atoms with van der Waals surface area (Å²) >= 11 is 0. The molecule has 2 heterocycles. The zero-order valence-electron chi connectivity index (χ0n) is 14.6. The summed E-state index contributed by atoms with van der Waals surface area (Å²) in [4.78, 5) is 18.6. The number of rotatable bonds is 3. The number of carbonyl (C=O) groups excluding carboxylic acids is 1. The second-order valence-corrected chi connectivity index (χ2v) is 6.30. The fraction of sp³-hybridized carbons (Fsp3) is 0.238. The van der Waals surface area contributed by atoms with Crippen LogP contribution >= 0.6 is 0 Å². The Morgan fingerprint density at radius 1 is 1.15 bits per heavy atom. The van der Waals surface area contributed by atoms with Crippen molar-refractivity contribution in [1.29, 1.82) is 0 Å². The topological polar surface area (TPSA) is 51.7 Å². The van der Waals surface area contributed by atoms with Crippen LogP contribution in [0.4, 0.5) is 0 Å². The van der Waals surface area contributed by atoms with Crippen molar-refractivity contribution in [3.8, 4) is 5.75 Å². The van der Waals surface area contributed by atoms with Crippen LogP contribution in [-0.2, 0) is 4.74 Å². The highest BCUT2D eigenvalue weighted by Crippen LogP contribution is 2.28. The summed E-state index contributed by atoms with van der Waals surface area (Å²) in [5.41, 5.74) is 1.54. The second kappa shape index (κ2) is 7.14. The van der Waals surface area contributed by atoms with Gasteiger partial charge in [0.1, 0.15) is 17.5 Å². The van der Waals surface area contributed by atoms with Gasteiger partial charge in [0.05, 0.1) is 20.3 Å². The van der Waals surface area contributed by atoms with Gasteiger partial charge in [-0.05, 0) is 46.7 Å². The molecule has 0 spiro atoms. The van der Waals surface area contributed by atoms with E-state index in [0.717, 1.165) is 22.1 Å². The minimum Gasteiger partial charge on any atom is -0.497 e. The number of carbonyl (C=O) groups is 1. The SMILES string of the molecule is COc1ccc2cc([C@@H]3CN(C(=O)c4ccccn4)CCO3)ccc2c1. The standard InChI is InChI=1S/C21H20N2O3/c1-25-18-8-7-15-12-17(6-5-16(15)13-18)20-14-23(10-11-26-20)21(24)19-4-2-3-9-22-19/h2-9,12-13,20H,10-11,14H2,1H3/t20-/m0/s1. The molecule has 0 aliphatic carbocycles. The molecule has 0 unspecified atom stereocenters. The minimum atomic E-state index is -0.136. The number of methoxy groups -OCH3 is 1. The number of benzene rings is 2. The summed E-state index contributed by atoms with van der Waals surface area (Å²) in [6.07, 6.45) is 1.51. The van der Waals surface area contributed by atoms with Crippen molar-refractivity contribution in [3.63, 3.8) is 0 Å². The smallest absolute Gasteiger partial charge is 0.272 e. The third-order valence-electron chi connectivity index (χ3n) is 4.68. The van der Waals surface area contributed by atoms with Gasteiger partial charge in [0, 0.05) is 12.7 Å². The first-order valence-corrected chi connectivity index (χ1v) is 8.64. The average molecular weight is 348 g/mol. The van der Waals surface area contributed by atoms with Gasteiger partial charge in [0.2, 0.25) is 0 Å². The van der Waals surface area contributed by atoms with Gasteiger partial charge in [-0.2, -0.15) is 0 Å². The molecule has 132 valence electrons. The van der Waals surface area contributed by atoms with Crippen molar-refractivity contribution in [3.05, 3.63) is 72.1 Å². The first-order chi connectivity index (χ1) is 12.7. The number of amides is 1. The van der Waals surface area contributed by atoms with E-state index in [-0.39, 0.29) is 12.0 Å². The fourth-order valence-corrected chi connectivity index (χ4v) is 3.26. The monoisotopic (exact) mass is 348 g/mol. The lowest BCUT2D eigenvalue weighted by Crippen LogP contribution is -2.42. The van der Waals surface area contributed by atoms with E-state index in [4.69, 9.17) is 9.47 Å². The summed E-state index contributed by atoms with van der Waals surface area (Å²) in [5, 5.41) is 2.24. The maximum Gasteiger partial charge on any atom is 0.272 e. The molecule has 1 aromatic heterocycles. The molecule has 1 amide bonds. The van der Waals surface area contributed by atoms with Crippen LogP contribution in [0.1, 0.15) is 22.2 Å². The van der Waals surface area contributed by atoms with Crippen molar-refractivity contribution < 1.29 is 14.3 Å². The van der Waals surface area contributed by atoms with Crippen molar-refractivity contribution >= 4 is 16.7 Å². The lowest BCUT2D eigenvalue weighted by Gasteiger charge is -2.33. The Bertz CT molecular complexity index is 927. The van der Waals surface area contributed by atoms with Gasteiger partial charge < -0.3 is 14.4 Å². The van der Waals surface area contributed by atoms with E-state index in [1.54, 1.807) is 19.4 Å².